The molecule has 0 aromatic heterocycles. The number of benzene rings is 1. The second-order valence-electron chi connectivity index (χ2n) is 7.02. The Balaban J connectivity index is 1.96. The molecule has 1 saturated heterocycles. The number of nitrogens with one attached hydrogen (secondary N) is 1. The number of hydrogen-bond donors (Lipinski definition) is 1. The third-order valence-electron chi connectivity index (χ3n) is 3.66. The summed E-state index contributed by atoms with van der Waals surface area (Å²) in [4.78, 5) is 12.0. The van der Waals surface area contributed by atoms with Gasteiger partial charge in [-0.2, -0.15) is 4.31 Å². The van der Waals surface area contributed by atoms with Crippen molar-refractivity contribution in [3.05, 3.63) is 24.3 Å². The van der Waals surface area contributed by atoms with Gasteiger partial charge in [-0.25, -0.2) is 8.42 Å². The molecule has 1 aromatic rings. The zero-order valence-corrected chi connectivity index (χ0v) is 15.4. The number of carbonyl (C=O) groups is 1. The molecule has 1 N–H and O–H groups in total. The summed E-state index contributed by atoms with van der Waals surface area (Å²) < 4.78 is 32.0. The molecule has 134 valence electrons. The van der Waals surface area contributed by atoms with Gasteiger partial charge in [-0.1, -0.05) is 6.42 Å². The van der Waals surface area contributed by atoms with E-state index < -0.39 is 10.0 Å². The summed E-state index contributed by atoms with van der Waals surface area (Å²) in [6, 6.07) is 6.23. The maximum absolute atomic E-state index is 12.5. The minimum Gasteiger partial charge on any atom is -0.484 e. The summed E-state index contributed by atoms with van der Waals surface area (Å²) in [5.41, 5.74) is -0.313. The average Bonchev–Trinajstić information content (AvgIpc) is 2.52. The quantitative estimate of drug-likeness (QED) is 0.879. The number of hydrogen-bond acceptors (Lipinski definition) is 4. The third kappa shape index (κ3) is 5.21. The van der Waals surface area contributed by atoms with Crippen LogP contribution in [0.4, 0.5) is 0 Å². The van der Waals surface area contributed by atoms with E-state index in [1.165, 1.54) is 16.4 Å². The van der Waals surface area contributed by atoms with Crippen LogP contribution in [-0.4, -0.2) is 43.9 Å². The maximum atomic E-state index is 12.5. The second kappa shape index (κ2) is 7.53. The summed E-state index contributed by atoms with van der Waals surface area (Å²) in [5.74, 6) is 0.254. The second-order valence-corrected chi connectivity index (χ2v) is 8.96. The van der Waals surface area contributed by atoms with Crippen LogP contribution in [0.1, 0.15) is 40.0 Å². The average molecular weight is 354 g/mol. The van der Waals surface area contributed by atoms with Gasteiger partial charge in [0.05, 0.1) is 4.90 Å². The fraction of sp³-hybridized carbons (Fsp3) is 0.588. The van der Waals surface area contributed by atoms with Crippen LogP contribution >= 0.6 is 0 Å². The molecule has 1 heterocycles. The first kappa shape index (κ1) is 18.7. The van der Waals surface area contributed by atoms with Gasteiger partial charge in [-0.15, -0.1) is 0 Å². The Morgan fingerprint density at radius 1 is 1.12 bits per heavy atom. The topological polar surface area (TPSA) is 75.7 Å². The molecule has 24 heavy (non-hydrogen) atoms. The Labute approximate surface area is 144 Å². The lowest BCUT2D eigenvalue weighted by molar-refractivity contribution is -0.124. The molecule has 0 radical (unpaired) electrons. The highest BCUT2D eigenvalue weighted by atomic mass is 32.2. The van der Waals surface area contributed by atoms with Crippen LogP contribution < -0.4 is 10.1 Å². The van der Waals surface area contributed by atoms with Gasteiger partial charge in [0.25, 0.3) is 5.91 Å². The van der Waals surface area contributed by atoms with Crippen molar-refractivity contribution in [1.82, 2.24) is 9.62 Å². The normalized spacial score (nSPS) is 16.6. The van der Waals surface area contributed by atoms with Gasteiger partial charge >= 0.3 is 0 Å². The summed E-state index contributed by atoms with van der Waals surface area (Å²) in [6.07, 6.45) is 2.89. The smallest absolute Gasteiger partial charge is 0.258 e. The predicted molar refractivity (Wildman–Crippen MR) is 92.4 cm³/mol. The minimum absolute atomic E-state index is 0.102. The molecule has 0 atom stereocenters. The van der Waals surface area contributed by atoms with Crippen molar-refractivity contribution in [3.63, 3.8) is 0 Å². The Morgan fingerprint density at radius 2 is 1.71 bits per heavy atom. The Hall–Kier alpha value is -1.60. The fourth-order valence-electron chi connectivity index (χ4n) is 2.57. The van der Waals surface area contributed by atoms with E-state index >= 15 is 0 Å². The monoisotopic (exact) mass is 354 g/mol. The Bertz CT molecular complexity index is 657. The van der Waals surface area contributed by atoms with Gasteiger partial charge in [0.15, 0.2) is 6.61 Å². The molecule has 0 spiro atoms. The number of piperidine rings is 1. The Morgan fingerprint density at radius 3 is 2.25 bits per heavy atom. The first-order valence-electron chi connectivity index (χ1n) is 8.22. The molecule has 0 saturated carbocycles. The van der Waals surface area contributed by atoms with Gasteiger partial charge in [0, 0.05) is 18.6 Å². The highest BCUT2D eigenvalue weighted by Gasteiger charge is 2.25. The molecule has 1 aliphatic heterocycles. The molecule has 1 fully saturated rings. The lowest BCUT2D eigenvalue weighted by Crippen LogP contribution is -2.43. The molecular formula is C17H26N2O4S. The Kier molecular flexibility index (Phi) is 5.87. The number of nitrogens with zero attached hydrogens (tertiary/aromatic N) is 1. The number of carbonyl (C=O) groups excluding carboxylic acids is 1. The SMILES string of the molecule is CC(C)(C)NC(=O)COc1ccc(S(=O)(=O)N2CCCCC2)cc1. The van der Waals surface area contributed by atoms with Crippen molar-refractivity contribution in [2.45, 2.75) is 50.5 Å². The summed E-state index contributed by atoms with van der Waals surface area (Å²) in [7, 11) is -3.44. The van der Waals surface area contributed by atoms with E-state index in [4.69, 9.17) is 4.74 Å². The van der Waals surface area contributed by atoms with Crippen molar-refractivity contribution in [2.75, 3.05) is 19.7 Å². The zero-order chi connectivity index (χ0) is 17.8. The van der Waals surface area contributed by atoms with Crippen molar-refractivity contribution < 1.29 is 17.9 Å². The highest BCUT2D eigenvalue weighted by molar-refractivity contribution is 7.89. The summed E-state index contributed by atoms with van der Waals surface area (Å²) >= 11 is 0. The molecule has 6 nitrogen and oxygen atoms in total. The van der Waals surface area contributed by atoms with Crippen LogP contribution in [0.5, 0.6) is 5.75 Å². The van der Waals surface area contributed by atoms with Crippen LogP contribution in [-0.2, 0) is 14.8 Å². The first-order valence-corrected chi connectivity index (χ1v) is 9.66. The molecular weight excluding hydrogens is 328 g/mol. The molecule has 0 unspecified atom stereocenters. The first-order chi connectivity index (χ1) is 11.2. The third-order valence-corrected chi connectivity index (χ3v) is 5.57. The number of amides is 1. The van der Waals surface area contributed by atoms with E-state index in [0.717, 1.165) is 19.3 Å². The lowest BCUT2D eigenvalue weighted by Gasteiger charge is -2.25. The predicted octanol–water partition coefficient (Wildman–Crippen LogP) is 2.15. The van der Waals surface area contributed by atoms with E-state index in [0.29, 0.717) is 18.8 Å². The number of sulfonamides is 1. The van der Waals surface area contributed by atoms with Gasteiger partial charge in [-0.3, -0.25) is 4.79 Å². The summed E-state index contributed by atoms with van der Waals surface area (Å²) in [6.45, 7) is 6.73. The molecule has 1 aromatic carbocycles. The minimum atomic E-state index is -3.44. The fourth-order valence-corrected chi connectivity index (χ4v) is 4.08. The van der Waals surface area contributed by atoms with Crippen molar-refractivity contribution in [3.8, 4) is 5.75 Å². The van der Waals surface area contributed by atoms with Crippen LogP contribution in [0, 0.1) is 0 Å². The number of rotatable bonds is 5. The largest absolute Gasteiger partial charge is 0.484 e. The molecule has 1 amide bonds. The standard InChI is InChI=1S/C17H26N2O4S/c1-17(2,3)18-16(20)13-23-14-7-9-15(10-8-14)24(21,22)19-11-5-4-6-12-19/h7-10H,4-6,11-13H2,1-3H3,(H,18,20). The van der Waals surface area contributed by atoms with E-state index in [1.54, 1.807) is 12.1 Å². The van der Waals surface area contributed by atoms with Crippen LogP contribution in [0.25, 0.3) is 0 Å². The van der Waals surface area contributed by atoms with Crippen molar-refractivity contribution in [2.24, 2.45) is 0 Å². The zero-order valence-electron chi connectivity index (χ0n) is 14.5. The van der Waals surface area contributed by atoms with E-state index in [2.05, 4.69) is 5.32 Å². The van der Waals surface area contributed by atoms with Crippen LogP contribution in [0.3, 0.4) is 0 Å². The van der Waals surface area contributed by atoms with E-state index in [1.807, 2.05) is 20.8 Å². The van der Waals surface area contributed by atoms with Gasteiger partial charge in [0.1, 0.15) is 5.75 Å². The summed E-state index contributed by atoms with van der Waals surface area (Å²) in [5, 5.41) is 2.80. The van der Waals surface area contributed by atoms with Gasteiger partial charge in [-0.05, 0) is 57.9 Å². The molecule has 7 heteroatoms. The highest BCUT2D eigenvalue weighted by Crippen LogP contribution is 2.22. The number of ether oxygens (including phenoxy) is 1. The van der Waals surface area contributed by atoms with Gasteiger partial charge < -0.3 is 10.1 Å². The van der Waals surface area contributed by atoms with Crippen LogP contribution in [0.2, 0.25) is 0 Å². The van der Waals surface area contributed by atoms with E-state index in [9.17, 15) is 13.2 Å². The van der Waals surface area contributed by atoms with Gasteiger partial charge in [0.2, 0.25) is 10.0 Å². The van der Waals surface area contributed by atoms with Crippen molar-refractivity contribution in [1.29, 1.82) is 0 Å². The maximum Gasteiger partial charge on any atom is 0.258 e. The van der Waals surface area contributed by atoms with Crippen LogP contribution in [0.15, 0.2) is 29.2 Å². The molecule has 0 bridgehead atoms. The van der Waals surface area contributed by atoms with Crippen molar-refractivity contribution >= 4 is 15.9 Å². The lowest BCUT2D eigenvalue weighted by atomic mass is 10.1. The van der Waals surface area contributed by atoms with E-state index in [-0.39, 0.29) is 22.9 Å². The molecule has 1 aliphatic rings. The molecule has 2 rings (SSSR count). The molecule has 0 aliphatic carbocycles.